The van der Waals surface area contributed by atoms with E-state index in [1.807, 2.05) is 36.4 Å². The summed E-state index contributed by atoms with van der Waals surface area (Å²) in [5.74, 6) is 2.31. The van der Waals surface area contributed by atoms with Crippen molar-refractivity contribution in [2.24, 2.45) is 0 Å². The van der Waals surface area contributed by atoms with Crippen LogP contribution in [0.25, 0.3) is 11.3 Å². The fourth-order valence-electron chi connectivity index (χ4n) is 4.07. The first-order chi connectivity index (χ1) is 18.1. The highest BCUT2D eigenvalue weighted by molar-refractivity contribution is 6.32. The molecule has 0 radical (unpaired) electrons. The maximum absolute atomic E-state index is 12.6. The molecule has 2 aromatic heterocycles. The predicted octanol–water partition coefficient (Wildman–Crippen LogP) is 5.90. The summed E-state index contributed by atoms with van der Waals surface area (Å²) in [6.45, 7) is 1.15. The Balaban J connectivity index is 1.16. The van der Waals surface area contributed by atoms with Crippen LogP contribution in [0.5, 0.6) is 23.1 Å². The first-order valence-electron chi connectivity index (χ1n) is 12.1. The second-order valence-corrected chi connectivity index (χ2v) is 8.99. The summed E-state index contributed by atoms with van der Waals surface area (Å²) in [5, 5.41) is 3.48. The average Bonchev–Trinajstić information content (AvgIpc) is 2.94. The van der Waals surface area contributed by atoms with E-state index in [4.69, 9.17) is 25.8 Å². The van der Waals surface area contributed by atoms with Gasteiger partial charge in [0.1, 0.15) is 17.2 Å². The van der Waals surface area contributed by atoms with Gasteiger partial charge in [0.15, 0.2) is 0 Å². The van der Waals surface area contributed by atoms with Crippen LogP contribution in [0.4, 0.5) is 0 Å². The number of halogens is 1. The molecule has 0 fully saturated rings. The van der Waals surface area contributed by atoms with Crippen molar-refractivity contribution < 1.29 is 19.0 Å². The Morgan fingerprint density at radius 2 is 1.97 bits per heavy atom. The lowest BCUT2D eigenvalue weighted by Crippen LogP contribution is -2.25. The van der Waals surface area contributed by atoms with Crippen molar-refractivity contribution in [2.75, 3.05) is 20.3 Å². The minimum absolute atomic E-state index is 0.165. The maximum atomic E-state index is 12.6. The van der Waals surface area contributed by atoms with Crippen LogP contribution in [0.2, 0.25) is 5.02 Å². The number of fused-ring (bicyclic) bond motifs is 1. The van der Waals surface area contributed by atoms with Gasteiger partial charge in [-0.1, -0.05) is 17.7 Å². The minimum Gasteiger partial charge on any atom is -0.493 e. The van der Waals surface area contributed by atoms with Crippen molar-refractivity contribution in [2.45, 2.75) is 19.3 Å². The lowest BCUT2D eigenvalue weighted by Gasteiger charge is -2.19. The van der Waals surface area contributed by atoms with Crippen LogP contribution < -0.4 is 19.5 Å². The topological polar surface area (TPSA) is 82.6 Å². The third-order valence-corrected chi connectivity index (χ3v) is 6.32. The van der Waals surface area contributed by atoms with E-state index in [0.29, 0.717) is 47.5 Å². The van der Waals surface area contributed by atoms with Crippen LogP contribution in [0.3, 0.4) is 0 Å². The van der Waals surface area contributed by atoms with E-state index < -0.39 is 0 Å². The molecule has 0 bridgehead atoms. The Morgan fingerprint density at radius 3 is 2.76 bits per heavy atom. The van der Waals surface area contributed by atoms with Gasteiger partial charge in [-0.15, -0.1) is 0 Å². The molecule has 1 aliphatic heterocycles. The normalized spacial score (nSPS) is 12.3. The molecule has 0 saturated carbocycles. The van der Waals surface area contributed by atoms with Crippen molar-refractivity contribution in [3.63, 3.8) is 0 Å². The number of methoxy groups -OCH3 is 1. The van der Waals surface area contributed by atoms with E-state index in [-0.39, 0.29) is 5.91 Å². The Morgan fingerprint density at radius 1 is 1.11 bits per heavy atom. The Bertz CT molecular complexity index is 1390. The van der Waals surface area contributed by atoms with Gasteiger partial charge in [0, 0.05) is 48.1 Å². The molecule has 1 amide bonds. The quantitative estimate of drug-likeness (QED) is 0.315. The molecule has 0 aliphatic carbocycles. The summed E-state index contributed by atoms with van der Waals surface area (Å²) >= 11 is 6.40. The van der Waals surface area contributed by atoms with Crippen molar-refractivity contribution in [1.29, 1.82) is 0 Å². The van der Waals surface area contributed by atoms with Gasteiger partial charge in [-0.25, -0.2) is 4.98 Å². The number of hydrogen-bond acceptors (Lipinski definition) is 6. The number of carbonyl (C=O) groups is 1. The highest BCUT2D eigenvalue weighted by Crippen LogP contribution is 2.37. The first kappa shape index (κ1) is 24.6. The number of nitrogens with one attached hydrogen (secondary N) is 1. The van der Waals surface area contributed by atoms with Gasteiger partial charge in [0.05, 0.1) is 24.4 Å². The number of hydrogen-bond donors (Lipinski definition) is 1. The summed E-state index contributed by atoms with van der Waals surface area (Å²) in [6, 6.07) is 20.2. The van der Waals surface area contributed by atoms with Gasteiger partial charge >= 0.3 is 0 Å². The largest absolute Gasteiger partial charge is 0.493 e. The summed E-state index contributed by atoms with van der Waals surface area (Å²) in [4.78, 5) is 21.6. The minimum atomic E-state index is -0.165. The van der Waals surface area contributed by atoms with Gasteiger partial charge in [-0.05, 0) is 66.9 Å². The molecular formula is C29H26ClN3O4. The lowest BCUT2D eigenvalue weighted by molar-refractivity contribution is 0.0954. The lowest BCUT2D eigenvalue weighted by atomic mass is 10.1. The Kier molecular flexibility index (Phi) is 7.51. The zero-order valence-electron chi connectivity index (χ0n) is 20.4. The second kappa shape index (κ2) is 11.3. The molecule has 7 nitrogen and oxygen atoms in total. The third kappa shape index (κ3) is 6.01. The monoisotopic (exact) mass is 515 g/mol. The average molecular weight is 516 g/mol. The number of rotatable bonds is 8. The fraction of sp³-hybridized carbons (Fsp3) is 0.207. The molecule has 0 spiro atoms. The molecule has 2 aromatic carbocycles. The number of ether oxygens (including phenoxy) is 3. The van der Waals surface area contributed by atoms with Gasteiger partial charge in [0.2, 0.25) is 5.88 Å². The van der Waals surface area contributed by atoms with Gasteiger partial charge in [0.25, 0.3) is 5.91 Å². The molecule has 4 aromatic rings. The van der Waals surface area contributed by atoms with E-state index in [9.17, 15) is 4.79 Å². The number of aryl methyl sites for hydroxylation is 1. The molecular weight excluding hydrogens is 490 g/mol. The SMILES string of the molecule is COc1ccc(-c2cccc(CCNC(=O)c3ccc(Oc4cc5c(cc4Cl)CCCO5)cc3)n2)cn1. The number of carbonyl (C=O) groups excluding carboxylic acids is 1. The van der Waals surface area contributed by atoms with Crippen LogP contribution in [0.1, 0.15) is 28.0 Å². The molecule has 1 aliphatic rings. The number of aromatic nitrogens is 2. The third-order valence-electron chi connectivity index (χ3n) is 6.02. The second-order valence-electron chi connectivity index (χ2n) is 8.58. The van der Waals surface area contributed by atoms with Crippen LogP contribution in [-0.4, -0.2) is 36.1 Å². The van der Waals surface area contributed by atoms with Crippen molar-refractivity contribution in [1.82, 2.24) is 15.3 Å². The van der Waals surface area contributed by atoms with Crippen molar-refractivity contribution in [3.05, 3.63) is 94.8 Å². The van der Waals surface area contributed by atoms with Crippen LogP contribution >= 0.6 is 11.6 Å². The smallest absolute Gasteiger partial charge is 0.251 e. The number of pyridine rings is 2. The van der Waals surface area contributed by atoms with E-state index in [1.165, 1.54) is 0 Å². The zero-order chi connectivity index (χ0) is 25.6. The Hall–Kier alpha value is -4.10. The predicted molar refractivity (Wildman–Crippen MR) is 142 cm³/mol. The molecule has 1 N–H and O–H groups in total. The fourth-order valence-corrected chi connectivity index (χ4v) is 4.29. The Labute approximate surface area is 220 Å². The highest BCUT2D eigenvalue weighted by Gasteiger charge is 2.15. The number of amides is 1. The zero-order valence-corrected chi connectivity index (χ0v) is 21.1. The molecule has 0 atom stereocenters. The van der Waals surface area contributed by atoms with Gasteiger partial charge < -0.3 is 19.5 Å². The number of benzene rings is 2. The molecule has 3 heterocycles. The van der Waals surface area contributed by atoms with Crippen molar-refractivity contribution in [3.8, 4) is 34.4 Å². The summed E-state index contributed by atoms with van der Waals surface area (Å²) in [7, 11) is 1.58. The standard InChI is InChI=1S/C29H26ClN3O4/c1-35-28-12-9-21(18-32-28)25-6-2-5-22(33-25)13-14-31-29(34)19-7-10-23(11-8-19)37-27-17-26-20(16-24(27)30)4-3-15-36-26/h2,5-12,16-18H,3-4,13-15H2,1H3,(H,31,34). The summed E-state index contributed by atoms with van der Waals surface area (Å²) in [5.41, 5.74) is 4.23. The van der Waals surface area contributed by atoms with E-state index >= 15 is 0 Å². The van der Waals surface area contributed by atoms with E-state index in [1.54, 1.807) is 43.6 Å². The molecule has 0 unspecified atom stereocenters. The van der Waals surface area contributed by atoms with Crippen LogP contribution in [-0.2, 0) is 12.8 Å². The van der Waals surface area contributed by atoms with Crippen molar-refractivity contribution >= 4 is 17.5 Å². The van der Waals surface area contributed by atoms with Crippen LogP contribution in [0, 0.1) is 0 Å². The van der Waals surface area contributed by atoms with Crippen LogP contribution in [0.15, 0.2) is 72.9 Å². The van der Waals surface area contributed by atoms with E-state index in [2.05, 4.69) is 15.3 Å². The molecule has 5 rings (SSSR count). The number of nitrogens with zero attached hydrogens (tertiary/aromatic N) is 2. The van der Waals surface area contributed by atoms with E-state index in [0.717, 1.165) is 41.1 Å². The maximum Gasteiger partial charge on any atom is 0.251 e. The summed E-state index contributed by atoms with van der Waals surface area (Å²) in [6.07, 6.45) is 4.26. The van der Waals surface area contributed by atoms with Gasteiger partial charge in [-0.2, -0.15) is 0 Å². The molecule has 37 heavy (non-hydrogen) atoms. The molecule has 188 valence electrons. The van der Waals surface area contributed by atoms with Gasteiger partial charge in [-0.3, -0.25) is 9.78 Å². The first-order valence-corrected chi connectivity index (χ1v) is 12.4. The highest BCUT2D eigenvalue weighted by atomic mass is 35.5. The molecule has 8 heteroatoms. The molecule has 0 saturated heterocycles. The summed E-state index contributed by atoms with van der Waals surface area (Å²) < 4.78 is 16.8.